The molecule has 1 heterocycles. The number of aryl methyl sites for hydroxylation is 1. The lowest BCUT2D eigenvalue weighted by molar-refractivity contribution is 0.0696. The van der Waals surface area contributed by atoms with Crippen molar-refractivity contribution < 1.29 is 9.90 Å². The van der Waals surface area contributed by atoms with Crippen LogP contribution >= 0.6 is 0 Å². The molecule has 0 spiro atoms. The van der Waals surface area contributed by atoms with Crippen LogP contribution in [0.4, 0.5) is 5.69 Å². The molecule has 110 valence electrons. The molecule has 0 unspecified atom stereocenters. The average molecular weight is 276 g/mol. The van der Waals surface area contributed by atoms with Crippen molar-refractivity contribution in [3.8, 4) is 0 Å². The second kappa shape index (κ2) is 5.44. The minimum Gasteiger partial charge on any atom is -0.478 e. The van der Waals surface area contributed by atoms with Crippen LogP contribution < -0.4 is 4.90 Å². The maximum absolute atomic E-state index is 11.4. The van der Waals surface area contributed by atoms with E-state index in [1.807, 2.05) is 19.1 Å². The molecule has 0 saturated carbocycles. The average Bonchev–Trinajstić information content (AvgIpc) is 2.37. The molecule has 1 saturated heterocycles. The number of benzene rings is 1. The van der Waals surface area contributed by atoms with Crippen LogP contribution in [0.25, 0.3) is 0 Å². The molecule has 0 radical (unpaired) electrons. The van der Waals surface area contributed by atoms with E-state index in [4.69, 9.17) is 0 Å². The van der Waals surface area contributed by atoms with Gasteiger partial charge in [0.2, 0.25) is 0 Å². The summed E-state index contributed by atoms with van der Waals surface area (Å²) in [7, 11) is 0. The first-order valence-corrected chi connectivity index (χ1v) is 7.13. The van der Waals surface area contributed by atoms with E-state index in [1.165, 1.54) is 0 Å². The summed E-state index contributed by atoms with van der Waals surface area (Å²) in [5, 5.41) is 9.33. The van der Waals surface area contributed by atoms with Gasteiger partial charge in [0.05, 0.1) is 11.3 Å². The Morgan fingerprint density at radius 2 is 1.75 bits per heavy atom. The van der Waals surface area contributed by atoms with Gasteiger partial charge in [-0.15, -0.1) is 0 Å². The highest BCUT2D eigenvalue weighted by molar-refractivity contribution is 5.94. The van der Waals surface area contributed by atoms with Gasteiger partial charge in [0, 0.05) is 31.7 Å². The molecule has 1 fully saturated rings. The van der Waals surface area contributed by atoms with Crippen molar-refractivity contribution in [3.05, 3.63) is 29.3 Å². The third kappa shape index (κ3) is 3.12. The predicted octanol–water partition coefficient (Wildman–Crippen LogP) is 2.61. The van der Waals surface area contributed by atoms with Gasteiger partial charge < -0.3 is 10.0 Å². The SMILES string of the molecule is Cc1ccc(C(=O)O)c(N2CCN(C(C)(C)C)CC2)c1. The summed E-state index contributed by atoms with van der Waals surface area (Å²) in [5.74, 6) is -0.849. The first kappa shape index (κ1) is 14.9. The number of nitrogens with zero attached hydrogens (tertiary/aromatic N) is 2. The molecule has 0 amide bonds. The molecule has 2 rings (SSSR count). The zero-order valence-corrected chi connectivity index (χ0v) is 12.8. The van der Waals surface area contributed by atoms with E-state index in [1.54, 1.807) is 6.07 Å². The van der Waals surface area contributed by atoms with Crippen LogP contribution in [-0.2, 0) is 0 Å². The molecule has 1 aliphatic heterocycles. The van der Waals surface area contributed by atoms with Crippen LogP contribution in [0.3, 0.4) is 0 Å². The number of carboxylic acid groups (broad SMARTS) is 1. The zero-order chi connectivity index (χ0) is 14.9. The molecule has 4 heteroatoms. The first-order valence-electron chi connectivity index (χ1n) is 7.13. The van der Waals surface area contributed by atoms with E-state index in [-0.39, 0.29) is 5.54 Å². The predicted molar refractivity (Wildman–Crippen MR) is 81.7 cm³/mol. The number of hydrogen-bond donors (Lipinski definition) is 1. The van der Waals surface area contributed by atoms with Gasteiger partial charge in [0.25, 0.3) is 0 Å². The quantitative estimate of drug-likeness (QED) is 0.902. The minimum absolute atomic E-state index is 0.175. The fourth-order valence-corrected chi connectivity index (χ4v) is 2.70. The van der Waals surface area contributed by atoms with Crippen LogP contribution in [0.15, 0.2) is 18.2 Å². The number of hydrogen-bond acceptors (Lipinski definition) is 3. The Morgan fingerprint density at radius 1 is 1.15 bits per heavy atom. The molecule has 0 bridgehead atoms. The van der Waals surface area contributed by atoms with E-state index < -0.39 is 5.97 Å². The molecular formula is C16H24N2O2. The molecule has 0 aliphatic carbocycles. The highest BCUT2D eigenvalue weighted by Crippen LogP contribution is 2.25. The van der Waals surface area contributed by atoms with Gasteiger partial charge in [-0.1, -0.05) is 6.07 Å². The molecule has 4 nitrogen and oxygen atoms in total. The standard InChI is InChI=1S/C16H24N2O2/c1-12-5-6-13(15(19)20)14(11-12)17-7-9-18(10-8-17)16(2,3)4/h5-6,11H,7-10H2,1-4H3,(H,19,20). The monoisotopic (exact) mass is 276 g/mol. The number of carbonyl (C=O) groups is 1. The summed E-state index contributed by atoms with van der Waals surface area (Å²) in [5.41, 5.74) is 2.53. The Kier molecular flexibility index (Phi) is 4.04. The fraction of sp³-hybridized carbons (Fsp3) is 0.562. The van der Waals surface area contributed by atoms with Crippen LogP contribution in [0.1, 0.15) is 36.7 Å². The summed E-state index contributed by atoms with van der Waals surface area (Å²) in [4.78, 5) is 16.0. The number of rotatable bonds is 2. The summed E-state index contributed by atoms with van der Waals surface area (Å²) in [6.07, 6.45) is 0. The van der Waals surface area contributed by atoms with Crippen molar-refractivity contribution in [1.82, 2.24) is 4.90 Å². The topological polar surface area (TPSA) is 43.8 Å². The number of anilines is 1. The summed E-state index contributed by atoms with van der Waals surface area (Å²) in [6, 6.07) is 5.55. The molecule has 1 aromatic rings. The molecule has 1 aromatic carbocycles. The Labute approximate surface area is 121 Å². The van der Waals surface area contributed by atoms with Crippen molar-refractivity contribution in [2.45, 2.75) is 33.2 Å². The Morgan fingerprint density at radius 3 is 2.25 bits per heavy atom. The van der Waals surface area contributed by atoms with Crippen molar-refractivity contribution in [1.29, 1.82) is 0 Å². The van der Waals surface area contributed by atoms with Gasteiger partial charge in [0.1, 0.15) is 0 Å². The van der Waals surface area contributed by atoms with Gasteiger partial charge in [0.15, 0.2) is 0 Å². The van der Waals surface area contributed by atoms with E-state index in [2.05, 4.69) is 30.6 Å². The summed E-state index contributed by atoms with van der Waals surface area (Å²) >= 11 is 0. The van der Waals surface area contributed by atoms with Gasteiger partial charge in [-0.2, -0.15) is 0 Å². The largest absolute Gasteiger partial charge is 0.478 e. The normalized spacial score (nSPS) is 17.3. The minimum atomic E-state index is -0.849. The Bertz CT molecular complexity index is 498. The summed E-state index contributed by atoms with van der Waals surface area (Å²) in [6.45, 7) is 12.4. The third-order valence-corrected chi connectivity index (χ3v) is 3.95. The van der Waals surface area contributed by atoms with Crippen molar-refractivity contribution in [2.24, 2.45) is 0 Å². The van der Waals surface area contributed by atoms with Crippen molar-refractivity contribution >= 4 is 11.7 Å². The lowest BCUT2D eigenvalue weighted by Gasteiger charge is -2.43. The lowest BCUT2D eigenvalue weighted by Crippen LogP contribution is -2.53. The summed E-state index contributed by atoms with van der Waals surface area (Å²) < 4.78 is 0. The Hall–Kier alpha value is -1.55. The van der Waals surface area contributed by atoms with Gasteiger partial charge in [-0.05, 0) is 45.4 Å². The zero-order valence-electron chi connectivity index (χ0n) is 12.8. The molecule has 20 heavy (non-hydrogen) atoms. The molecule has 1 aliphatic rings. The highest BCUT2D eigenvalue weighted by atomic mass is 16.4. The second-order valence-corrected chi connectivity index (χ2v) is 6.47. The second-order valence-electron chi connectivity index (χ2n) is 6.47. The molecular weight excluding hydrogens is 252 g/mol. The number of aromatic carboxylic acids is 1. The molecule has 1 N–H and O–H groups in total. The smallest absolute Gasteiger partial charge is 0.337 e. The van der Waals surface area contributed by atoms with Crippen LogP contribution in [-0.4, -0.2) is 47.7 Å². The number of carboxylic acids is 1. The van der Waals surface area contributed by atoms with E-state index in [0.29, 0.717) is 5.56 Å². The van der Waals surface area contributed by atoms with E-state index in [9.17, 15) is 9.90 Å². The van der Waals surface area contributed by atoms with Crippen molar-refractivity contribution in [2.75, 3.05) is 31.1 Å². The van der Waals surface area contributed by atoms with E-state index >= 15 is 0 Å². The van der Waals surface area contributed by atoms with Crippen LogP contribution in [0.2, 0.25) is 0 Å². The first-order chi connectivity index (χ1) is 9.29. The molecule has 0 atom stereocenters. The lowest BCUT2D eigenvalue weighted by atomic mass is 10.0. The third-order valence-electron chi connectivity index (χ3n) is 3.95. The van der Waals surface area contributed by atoms with Crippen LogP contribution in [0.5, 0.6) is 0 Å². The highest BCUT2D eigenvalue weighted by Gasteiger charge is 2.27. The van der Waals surface area contributed by atoms with Gasteiger partial charge >= 0.3 is 5.97 Å². The molecule has 0 aromatic heterocycles. The van der Waals surface area contributed by atoms with Gasteiger partial charge in [-0.3, -0.25) is 4.90 Å². The van der Waals surface area contributed by atoms with Crippen LogP contribution in [0, 0.1) is 6.92 Å². The fourth-order valence-electron chi connectivity index (χ4n) is 2.70. The number of piperazine rings is 1. The maximum Gasteiger partial charge on any atom is 0.337 e. The maximum atomic E-state index is 11.4. The Balaban J connectivity index is 2.18. The van der Waals surface area contributed by atoms with Gasteiger partial charge in [-0.25, -0.2) is 4.79 Å². The van der Waals surface area contributed by atoms with E-state index in [0.717, 1.165) is 37.4 Å². The van der Waals surface area contributed by atoms with Crippen molar-refractivity contribution in [3.63, 3.8) is 0 Å².